The lowest BCUT2D eigenvalue weighted by atomic mass is 10.1. The third-order valence-electron chi connectivity index (χ3n) is 5.79. The Balaban J connectivity index is 1.67. The summed E-state index contributed by atoms with van der Waals surface area (Å²) in [5.41, 5.74) is 1.13. The van der Waals surface area contributed by atoms with Crippen molar-refractivity contribution in [3.8, 4) is 5.69 Å². The fraction of sp³-hybridized carbons (Fsp3) is 0.417. The van der Waals surface area contributed by atoms with Gasteiger partial charge in [-0.15, -0.1) is 5.10 Å². The van der Waals surface area contributed by atoms with Crippen LogP contribution < -0.4 is 5.14 Å². The van der Waals surface area contributed by atoms with Crippen molar-refractivity contribution < 1.29 is 17.5 Å². The van der Waals surface area contributed by atoms with E-state index in [-0.39, 0.29) is 16.7 Å². The normalized spacial score (nSPS) is 16.4. The molecule has 2 heterocycles. The molecule has 1 aliphatic heterocycles. The fourth-order valence-corrected chi connectivity index (χ4v) is 4.73. The quantitative estimate of drug-likeness (QED) is 0.472. The van der Waals surface area contributed by atoms with Crippen LogP contribution in [0.25, 0.3) is 5.69 Å². The van der Waals surface area contributed by atoms with Crippen LogP contribution in [-0.4, -0.2) is 53.9 Å². The number of nitrogens with two attached hydrogens (primary N) is 1. The largest absolute Gasteiger partial charge is 0.377 e. The second kappa shape index (κ2) is 10.7. The minimum absolute atomic E-state index is 0.123. The fourth-order valence-electron chi connectivity index (χ4n) is 4.21. The smallest absolute Gasteiger partial charge is 0.238 e. The van der Waals surface area contributed by atoms with Gasteiger partial charge in [0.25, 0.3) is 0 Å². The van der Waals surface area contributed by atoms with Crippen LogP contribution in [0, 0.1) is 5.82 Å². The molecule has 2 N–H and O–H groups in total. The van der Waals surface area contributed by atoms with Gasteiger partial charge >= 0.3 is 0 Å². The van der Waals surface area contributed by atoms with Gasteiger partial charge in [0, 0.05) is 19.6 Å². The molecule has 182 valence electrons. The van der Waals surface area contributed by atoms with E-state index in [2.05, 4.69) is 16.9 Å². The lowest BCUT2D eigenvalue weighted by molar-refractivity contribution is 0.0697. The maximum Gasteiger partial charge on any atom is 0.238 e. The SMILES string of the molecule is CCCN(Cc1nc(Cc2ccccc2)n(-c2ccc(S(N)(=O)=O)cc2F)n1)CC1CCCO1. The monoisotopic (exact) mass is 487 g/mol. The molecule has 0 aliphatic carbocycles. The van der Waals surface area contributed by atoms with Crippen molar-refractivity contribution in [2.24, 2.45) is 5.14 Å². The van der Waals surface area contributed by atoms with Gasteiger partial charge in [0.05, 0.1) is 17.5 Å². The minimum Gasteiger partial charge on any atom is -0.377 e. The van der Waals surface area contributed by atoms with E-state index in [1.165, 1.54) is 16.8 Å². The van der Waals surface area contributed by atoms with Crippen LogP contribution in [0.15, 0.2) is 53.4 Å². The van der Waals surface area contributed by atoms with Gasteiger partial charge in [0.1, 0.15) is 17.3 Å². The second-order valence-corrected chi connectivity index (χ2v) is 10.1. The summed E-state index contributed by atoms with van der Waals surface area (Å²) in [5.74, 6) is 0.409. The van der Waals surface area contributed by atoms with Crippen molar-refractivity contribution in [1.29, 1.82) is 0 Å². The van der Waals surface area contributed by atoms with Crippen molar-refractivity contribution in [1.82, 2.24) is 19.7 Å². The molecule has 10 heteroatoms. The molecule has 1 fully saturated rings. The first-order valence-electron chi connectivity index (χ1n) is 11.5. The Kier molecular flexibility index (Phi) is 7.72. The number of aromatic nitrogens is 3. The summed E-state index contributed by atoms with van der Waals surface area (Å²) in [6, 6.07) is 13.3. The summed E-state index contributed by atoms with van der Waals surface area (Å²) >= 11 is 0. The van der Waals surface area contributed by atoms with Gasteiger partial charge in [-0.05, 0) is 49.6 Å². The Labute approximate surface area is 199 Å². The summed E-state index contributed by atoms with van der Waals surface area (Å²) in [6.45, 7) is 5.11. The number of benzene rings is 2. The van der Waals surface area contributed by atoms with Crippen LogP contribution in [0.4, 0.5) is 4.39 Å². The van der Waals surface area contributed by atoms with Gasteiger partial charge in [-0.25, -0.2) is 27.6 Å². The van der Waals surface area contributed by atoms with Crippen molar-refractivity contribution >= 4 is 10.0 Å². The lowest BCUT2D eigenvalue weighted by Crippen LogP contribution is -2.32. The third-order valence-corrected chi connectivity index (χ3v) is 6.70. The van der Waals surface area contributed by atoms with Gasteiger partial charge in [0.15, 0.2) is 5.82 Å². The van der Waals surface area contributed by atoms with E-state index in [1.807, 2.05) is 30.3 Å². The molecule has 0 spiro atoms. The Morgan fingerprint density at radius 2 is 2.03 bits per heavy atom. The number of nitrogens with zero attached hydrogens (tertiary/aromatic N) is 4. The number of primary sulfonamides is 1. The third kappa shape index (κ3) is 6.06. The van der Waals surface area contributed by atoms with Gasteiger partial charge in [0.2, 0.25) is 10.0 Å². The van der Waals surface area contributed by atoms with E-state index in [0.29, 0.717) is 24.6 Å². The van der Waals surface area contributed by atoms with Crippen LogP contribution in [0.1, 0.15) is 43.4 Å². The molecule has 34 heavy (non-hydrogen) atoms. The number of halogens is 1. The zero-order chi connectivity index (χ0) is 24.1. The molecular weight excluding hydrogens is 457 g/mol. The first-order valence-corrected chi connectivity index (χ1v) is 13.0. The van der Waals surface area contributed by atoms with Crippen LogP contribution in [-0.2, 0) is 27.7 Å². The highest BCUT2D eigenvalue weighted by atomic mass is 32.2. The Morgan fingerprint density at radius 1 is 1.24 bits per heavy atom. The Bertz CT molecular complexity index is 1210. The molecule has 1 atom stereocenters. The van der Waals surface area contributed by atoms with Crippen LogP contribution >= 0.6 is 0 Å². The summed E-state index contributed by atoms with van der Waals surface area (Å²) in [6.07, 6.45) is 3.76. The molecule has 1 unspecified atom stereocenters. The molecule has 0 radical (unpaired) electrons. The molecule has 0 bridgehead atoms. The average Bonchev–Trinajstić information content (AvgIpc) is 3.44. The number of rotatable bonds is 10. The van der Waals surface area contributed by atoms with Gasteiger partial charge in [-0.3, -0.25) is 4.90 Å². The minimum atomic E-state index is -4.02. The average molecular weight is 488 g/mol. The lowest BCUT2D eigenvalue weighted by Gasteiger charge is -2.23. The zero-order valence-corrected chi connectivity index (χ0v) is 20.0. The molecule has 2 aromatic carbocycles. The van der Waals surface area contributed by atoms with E-state index in [0.717, 1.165) is 50.6 Å². The summed E-state index contributed by atoms with van der Waals surface area (Å²) in [7, 11) is -4.02. The van der Waals surface area contributed by atoms with E-state index in [1.54, 1.807) is 0 Å². The van der Waals surface area contributed by atoms with Crippen molar-refractivity contribution in [3.63, 3.8) is 0 Å². The van der Waals surface area contributed by atoms with Gasteiger partial charge in [-0.1, -0.05) is 37.3 Å². The first-order chi connectivity index (χ1) is 16.3. The highest BCUT2D eigenvalue weighted by Crippen LogP contribution is 2.21. The summed E-state index contributed by atoms with van der Waals surface area (Å²) in [5, 5.41) is 9.78. The molecule has 1 aromatic heterocycles. The van der Waals surface area contributed by atoms with Crippen LogP contribution in [0.5, 0.6) is 0 Å². The maximum absolute atomic E-state index is 15.0. The summed E-state index contributed by atoms with van der Waals surface area (Å²) < 4.78 is 45.5. The van der Waals surface area contributed by atoms with Crippen LogP contribution in [0.2, 0.25) is 0 Å². The number of hydrogen-bond donors (Lipinski definition) is 1. The molecule has 8 nitrogen and oxygen atoms in total. The molecular formula is C24H30FN5O3S. The standard InChI is InChI=1S/C24H30FN5O3S/c1-2-12-29(16-19-9-6-13-33-19)17-23-27-24(14-18-7-4-3-5-8-18)30(28-23)22-11-10-20(15-21(22)25)34(26,31)32/h3-5,7-8,10-11,15,19H,2,6,9,12-14,16-17H2,1H3,(H2,26,31,32). The van der Waals surface area contributed by atoms with E-state index in [9.17, 15) is 8.42 Å². The predicted octanol–water partition coefficient (Wildman–Crippen LogP) is 3.04. The molecule has 3 aromatic rings. The van der Waals surface area contributed by atoms with E-state index >= 15 is 4.39 Å². The molecule has 4 rings (SSSR count). The highest BCUT2D eigenvalue weighted by molar-refractivity contribution is 7.89. The van der Waals surface area contributed by atoms with Gasteiger partial charge in [-0.2, -0.15) is 0 Å². The van der Waals surface area contributed by atoms with Crippen molar-refractivity contribution in [2.45, 2.75) is 50.2 Å². The number of hydrogen-bond acceptors (Lipinski definition) is 6. The zero-order valence-electron chi connectivity index (χ0n) is 19.2. The molecule has 0 saturated carbocycles. The van der Waals surface area contributed by atoms with Crippen LogP contribution in [0.3, 0.4) is 0 Å². The Morgan fingerprint density at radius 3 is 2.68 bits per heavy atom. The molecule has 0 amide bonds. The van der Waals surface area contributed by atoms with Crippen molar-refractivity contribution in [2.75, 3.05) is 19.7 Å². The Hall–Kier alpha value is -2.66. The summed E-state index contributed by atoms with van der Waals surface area (Å²) in [4.78, 5) is 6.73. The molecule has 1 aliphatic rings. The topological polar surface area (TPSA) is 103 Å². The van der Waals surface area contributed by atoms with Crippen molar-refractivity contribution in [3.05, 3.63) is 71.6 Å². The highest BCUT2D eigenvalue weighted by Gasteiger charge is 2.22. The second-order valence-electron chi connectivity index (χ2n) is 8.55. The predicted molar refractivity (Wildman–Crippen MR) is 126 cm³/mol. The number of ether oxygens (including phenoxy) is 1. The first kappa shape index (κ1) is 24.5. The molecule has 1 saturated heterocycles. The maximum atomic E-state index is 15.0. The van der Waals surface area contributed by atoms with Gasteiger partial charge < -0.3 is 4.74 Å². The van der Waals surface area contributed by atoms with E-state index in [4.69, 9.17) is 14.9 Å². The number of sulfonamides is 1. The van der Waals surface area contributed by atoms with E-state index < -0.39 is 15.8 Å².